The van der Waals surface area contributed by atoms with Crippen molar-refractivity contribution in [2.24, 2.45) is 0 Å². The zero-order valence-corrected chi connectivity index (χ0v) is 17.7. The zero-order valence-electron chi connectivity index (χ0n) is 17.7. The number of rotatable bonds is 11. The summed E-state index contributed by atoms with van der Waals surface area (Å²) < 4.78 is 7.40. The number of fused-ring (bicyclic) bond motifs is 1. The highest BCUT2D eigenvalue weighted by Crippen LogP contribution is 2.24. The van der Waals surface area contributed by atoms with Crippen LogP contribution in [0.5, 0.6) is 5.75 Å². The van der Waals surface area contributed by atoms with Crippen LogP contribution in [0.25, 0.3) is 11.2 Å². The van der Waals surface area contributed by atoms with Crippen molar-refractivity contribution >= 4 is 22.9 Å². The second kappa shape index (κ2) is 10.2. The summed E-state index contributed by atoms with van der Waals surface area (Å²) in [4.78, 5) is 13.8. The molecule has 0 fully saturated rings. The highest BCUT2D eigenvalue weighted by atomic mass is 16.5. The number of aliphatic hydroxyl groups excluding tert-OH is 2. The minimum atomic E-state index is -0.114. The van der Waals surface area contributed by atoms with Crippen LogP contribution < -0.4 is 15.4 Å². The van der Waals surface area contributed by atoms with E-state index in [4.69, 9.17) is 9.84 Å². The van der Waals surface area contributed by atoms with E-state index in [9.17, 15) is 5.11 Å². The number of ether oxygens (including phenoxy) is 1. The van der Waals surface area contributed by atoms with E-state index in [1.807, 2.05) is 35.8 Å². The van der Waals surface area contributed by atoms with Crippen molar-refractivity contribution < 1.29 is 14.9 Å². The Balaban J connectivity index is 1.84. The molecule has 1 aromatic carbocycles. The van der Waals surface area contributed by atoms with Crippen molar-refractivity contribution in [3.63, 3.8) is 0 Å². The molecule has 0 radical (unpaired) electrons. The Kier molecular flexibility index (Phi) is 7.42. The van der Waals surface area contributed by atoms with Gasteiger partial charge in [0.1, 0.15) is 12.4 Å². The highest BCUT2D eigenvalue weighted by Gasteiger charge is 2.16. The monoisotopic (exact) mass is 414 g/mol. The van der Waals surface area contributed by atoms with Gasteiger partial charge in [0.05, 0.1) is 25.6 Å². The van der Waals surface area contributed by atoms with Crippen LogP contribution in [0.3, 0.4) is 0 Å². The molecule has 9 nitrogen and oxygen atoms in total. The molecule has 0 saturated heterocycles. The Morgan fingerprint density at radius 1 is 1.13 bits per heavy atom. The Hall–Kier alpha value is -2.91. The Morgan fingerprint density at radius 2 is 1.90 bits per heavy atom. The maximum absolute atomic E-state index is 9.53. The van der Waals surface area contributed by atoms with Crippen LogP contribution >= 0.6 is 0 Å². The summed E-state index contributed by atoms with van der Waals surface area (Å²) in [7, 11) is 0. The zero-order chi connectivity index (χ0) is 21.5. The SMILES string of the molecule is CC[C@H](CO)Nc1nc(NCc2ccc(OCCO)cc2)c2ncn(C(C)C)c2n1. The molecule has 0 aliphatic heterocycles. The maximum Gasteiger partial charge on any atom is 0.227 e. The molecule has 4 N–H and O–H groups in total. The minimum Gasteiger partial charge on any atom is -0.491 e. The smallest absolute Gasteiger partial charge is 0.227 e. The summed E-state index contributed by atoms with van der Waals surface area (Å²) in [6.07, 6.45) is 2.53. The van der Waals surface area contributed by atoms with Crippen molar-refractivity contribution in [1.29, 1.82) is 0 Å². The first kappa shape index (κ1) is 21.8. The van der Waals surface area contributed by atoms with E-state index in [0.717, 1.165) is 17.6 Å². The maximum atomic E-state index is 9.53. The van der Waals surface area contributed by atoms with Crippen LogP contribution in [0, 0.1) is 0 Å². The fourth-order valence-corrected chi connectivity index (χ4v) is 2.99. The van der Waals surface area contributed by atoms with Gasteiger partial charge in [-0.05, 0) is 38.0 Å². The molecule has 0 bridgehead atoms. The number of hydrogen-bond acceptors (Lipinski definition) is 8. The number of imidazole rings is 1. The van der Waals surface area contributed by atoms with Gasteiger partial charge in [-0.15, -0.1) is 0 Å². The molecule has 162 valence electrons. The molecule has 1 atom stereocenters. The van der Waals surface area contributed by atoms with Crippen molar-refractivity contribution in [2.75, 3.05) is 30.5 Å². The van der Waals surface area contributed by atoms with Gasteiger partial charge in [0, 0.05) is 12.6 Å². The van der Waals surface area contributed by atoms with Gasteiger partial charge < -0.3 is 30.2 Å². The van der Waals surface area contributed by atoms with E-state index >= 15 is 0 Å². The van der Waals surface area contributed by atoms with Crippen LogP contribution in [0.15, 0.2) is 30.6 Å². The second-order valence-electron chi connectivity index (χ2n) is 7.32. The lowest BCUT2D eigenvalue weighted by atomic mass is 10.2. The molecule has 0 spiro atoms. The summed E-state index contributed by atoms with van der Waals surface area (Å²) in [5.41, 5.74) is 2.50. The Morgan fingerprint density at radius 3 is 2.53 bits per heavy atom. The summed E-state index contributed by atoms with van der Waals surface area (Å²) in [5.74, 6) is 1.81. The van der Waals surface area contributed by atoms with E-state index in [1.54, 1.807) is 6.33 Å². The molecule has 0 aliphatic carbocycles. The van der Waals surface area contributed by atoms with Gasteiger partial charge >= 0.3 is 0 Å². The third-order valence-electron chi connectivity index (χ3n) is 4.77. The predicted octanol–water partition coefficient (Wildman–Crippen LogP) is 2.57. The molecule has 0 unspecified atom stereocenters. The van der Waals surface area contributed by atoms with Crippen molar-refractivity contribution in [1.82, 2.24) is 19.5 Å². The summed E-state index contributed by atoms with van der Waals surface area (Å²) in [6.45, 7) is 6.97. The summed E-state index contributed by atoms with van der Waals surface area (Å²) >= 11 is 0. The standard InChI is InChI=1S/C21H30N6O3/c1-4-16(12-29)24-21-25-19(18-20(26-21)27(13-23-18)14(2)3)22-11-15-5-7-17(8-6-15)30-10-9-28/h5-8,13-14,16,28-29H,4,9-12H2,1-3H3,(H2,22,24,25,26)/t16-/m1/s1. The third kappa shape index (κ3) is 5.17. The van der Waals surface area contributed by atoms with Crippen molar-refractivity contribution in [3.8, 4) is 5.75 Å². The average molecular weight is 415 g/mol. The number of nitrogens with zero attached hydrogens (tertiary/aromatic N) is 4. The molecule has 2 heterocycles. The molecule has 3 aromatic rings. The van der Waals surface area contributed by atoms with Crippen LogP contribution in [0.4, 0.5) is 11.8 Å². The van der Waals surface area contributed by atoms with Crippen molar-refractivity contribution in [3.05, 3.63) is 36.2 Å². The van der Waals surface area contributed by atoms with Gasteiger partial charge in [-0.25, -0.2) is 4.98 Å². The molecular formula is C21H30N6O3. The molecular weight excluding hydrogens is 384 g/mol. The topological polar surface area (TPSA) is 117 Å². The van der Waals surface area contributed by atoms with E-state index < -0.39 is 0 Å². The van der Waals surface area contributed by atoms with Gasteiger partial charge in [0.2, 0.25) is 5.95 Å². The predicted molar refractivity (Wildman–Crippen MR) is 117 cm³/mol. The normalized spacial score (nSPS) is 12.3. The van der Waals surface area contributed by atoms with E-state index in [-0.39, 0.29) is 31.9 Å². The summed E-state index contributed by atoms with van der Waals surface area (Å²) in [5, 5.41) is 24.9. The molecule has 2 aromatic heterocycles. The number of benzene rings is 1. The molecule has 30 heavy (non-hydrogen) atoms. The third-order valence-corrected chi connectivity index (χ3v) is 4.77. The Labute approximate surface area is 176 Å². The van der Waals surface area contributed by atoms with Crippen LogP contribution in [-0.4, -0.2) is 55.6 Å². The first-order valence-corrected chi connectivity index (χ1v) is 10.2. The lowest BCUT2D eigenvalue weighted by Gasteiger charge is -2.16. The fourth-order valence-electron chi connectivity index (χ4n) is 2.99. The molecule has 0 saturated carbocycles. The average Bonchev–Trinajstić information content (AvgIpc) is 3.19. The fraction of sp³-hybridized carbons (Fsp3) is 0.476. The highest BCUT2D eigenvalue weighted by molar-refractivity contribution is 5.84. The van der Waals surface area contributed by atoms with Crippen LogP contribution in [0.2, 0.25) is 0 Å². The first-order chi connectivity index (χ1) is 14.5. The number of aliphatic hydroxyl groups is 2. The van der Waals surface area contributed by atoms with E-state index in [1.165, 1.54) is 0 Å². The van der Waals surface area contributed by atoms with Gasteiger partial charge in [0.15, 0.2) is 17.0 Å². The number of anilines is 2. The largest absolute Gasteiger partial charge is 0.491 e. The second-order valence-corrected chi connectivity index (χ2v) is 7.32. The van der Waals surface area contributed by atoms with E-state index in [2.05, 4.69) is 39.4 Å². The van der Waals surface area contributed by atoms with Gasteiger partial charge in [-0.2, -0.15) is 9.97 Å². The van der Waals surface area contributed by atoms with E-state index in [0.29, 0.717) is 29.6 Å². The molecule has 0 aliphatic rings. The number of hydrogen-bond donors (Lipinski definition) is 4. The molecule has 0 amide bonds. The Bertz CT molecular complexity index is 938. The minimum absolute atomic E-state index is 0.00873. The molecule has 3 rings (SSSR count). The van der Waals surface area contributed by atoms with Crippen LogP contribution in [0.1, 0.15) is 38.8 Å². The van der Waals surface area contributed by atoms with Gasteiger partial charge in [0.25, 0.3) is 0 Å². The van der Waals surface area contributed by atoms with Gasteiger partial charge in [-0.3, -0.25) is 0 Å². The van der Waals surface area contributed by atoms with Crippen molar-refractivity contribution in [2.45, 2.75) is 45.8 Å². The van der Waals surface area contributed by atoms with Gasteiger partial charge in [-0.1, -0.05) is 19.1 Å². The lowest BCUT2D eigenvalue weighted by Crippen LogP contribution is -2.24. The number of aromatic nitrogens is 4. The molecule has 9 heteroatoms. The summed E-state index contributed by atoms with van der Waals surface area (Å²) in [6, 6.07) is 7.76. The first-order valence-electron chi connectivity index (χ1n) is 10.2. The number of nitrogens with one attached hydrogen (secondary N) is 2. The van der Waals surface area contributed by atoms with Crippen LogP contribution in [-0.2, 0) is 6.54 Å². The quantitative estimate of drug-likeness (QED) is 0.378. The lowest BCUT2D eigenvalue weighted by molar-refractivity contribution is 0.201.